The number of amides is 2. The fourth-order valence-electron chi connectivity index (χ4n) is 3.08. The summed E-state index contributed by atoms with van der Waals surface area (Å²) in [6, 6.07) is 11.8. The van der Waals surface area contributed by atoms with E-state index in [1.54, 1.807) is 31.3 Å². The average Bonchev–Trinajstić information content (AvgIpc) is 2.72. The number of hydrogen-bond acceptors (Lipinski definition) is 4. The molecule has 1 aliphatic heterocycles. The number of nitrogens with zero attached hydrogens (tertiary/aromatic N) is 2. The van der Waals surface area contributed by atoms with Gasteiger partial charge in [0.1, 0.15) is 5.82 Å². The Labute approximate surface area is 158 Å². The van der Waals surface area contributed by atoms with Crippen LogP contribution in [0, 0.1) is 5.82 Å². The van der Waals surface area contributed by atoms with Crippen molar-refractivity contribution in [2.45, 2.75) is 6.54 Å². The molecule has 144 valence electrons. The molecule has 7 heteroatoms. The number of halogens is 1. The third-order valence-electron chi connectivity index (χ3n) is 4.66. The van der Waals surface area contributed by atoms with Gasteiger partial charge in [-0.1, -0.05) is 12.1 Å². The van der Waals surface area contributed by atoms with Crippen LogP contribution in [-0.2, 0) is 6.54 Å². The molecule has 0 bridgehead atoms. The van der Waals surface area contributed by atoms with E-state index < -0.39 is 0 Å². The Morgan fingerprint density at radius 3 is 2.30 bits per heavy atom. The maximum absolute atomic E-state index is 12.9. The summed E-state index contributed by atoms with van der Waals surface area (Å²) in [4.78, 5) is 16.4. The molecule has 0 radical (unpaired) electrons. The first-order valence-corrected chi connectivity index (χ1v) is 8.85. The molecule has 0 spiro atoms. The molecule has 1 fully saturated rings. The first kappa shape index (κ1) is 18.8. The predicted octanol–water partition coefficient (Wildman–Crippen LogP) is 2.87. The smallest absolute Gasteiger partial charge is 0.317 e. The van der Waals surface area contributed by atoms with Crippen molar-refractivity contribution in [3.05, 3.63) is 53.8 Å². The van der Waals surface area contributed by atoms with Gasteiger partial charge in [0.15, 0.2) is 11.5 Å². The molecule has 0 atom stereocenters. The van der Waals surface area contributed by atoms with Crippen LogP contribution in [0.2, 0.25) is 0 Å². The fraction of sp³-hybridized carbons (Fsp3) is 0.350. The van der Waals surface area contributed by atoms with Gasteiger partial charge in [-0.05, 0) is 29.8 Å². The van der Waals surface area contributed by atoms with Gasteiger partial charge < -0.3 is 24.6 Å². The van der Waals surface area contributed by atoms with Crippen LogP contribution < -0.4 is 19.7 Å². The highest BCUT2D eigenvalue weighted by atomic mass is 19.1. The van der Waals surface area contributed by atoms with Crippen molar-refractivity contribution in [3.8, 4) is 11.5 Å². The zero-order valence-corrected chi connectivity index (χ0v) is 15.6. The second-order valence-electron chi connectivity index (χ2n) is 6.30. The van der Waals surface area contributed by atoms with Crippen LogP contribution in [0.25, 0.3) is 0 Å². The summed E-state index contributed by atoms with van der Waals surface area (Å²) in [5, 5.41) is 2.89. The first-order chi connectivity index (χ1) is 13.1. The van der Waals surface area contributed by atoms with E-state index >= 15 is 0 Å². The lowest BCUT2D eigenvalue weighted by molar-refractivity contribution is 0.194. The minimum absolute atomic E-state index is 0.105. The third-order valence-corrected chi connectivity index (χ3v) is 4.66. The van der Waals surface area contributed by atoms with Crippen LogP contribution in [0.5, 0.6) is 11.5 Å². The Hall–Kier alpha value is -2.96. The molecule has 1 heterocycles. The molecule has 6 nitrogen and oxygen atoms in total. The summed E-state index contributed by atoms with van der Waals surface area (Å²) in [6.45, 7) is 3.11. The van der Waals surface area contributed by atoms with E-state index in [1.807, 2.05) is 18.2 Å². The lowest BCUT2D eigenvalue weighted by atomic mass is 10.2. The Morgan fingerprint density at radius 2 is 1.67 bits per heavy atom. The number of piperazine rings is 1. The maximum atomic E-state index is 12.9. The number of hydrogen-bond donors (Lipinski definition) is 1. The molecule has 2 aromatic rings. The molecule has 1 N–H and O–H groups in total. The van der Waals surface area contributed by atoms with Gasteiger partial charge in [0.05, 0.1) is 14.2 Å². The third kappa shape index (κ3) is 4.61. The van der Waals surface area contributed by atoms with Gasteiger partial charge in [0, 0.05) is 44.5 Å². The number of rotatable bonds is 5. The van der Waals surface area contributed by atoms with Crippen LogP contribution in [0.15, 0.2) is 42.5 Å². The second kappa shape index (κ2) is 8.62. The van der Waals surface area contributed by atoms with Crippen molar-refractivity contribution < 1.29 is 18.7 Å². The lowest BCUT2D eigenvalue weighted by Gasteiger charge is -2.36. The van der Waals surface area contributed by atoms with Crippen LogP contribution in [0.1, 0.15) is 5.56 Å². The highest BCUT2D eigenvalue weighted by Gasteiger charge is 2.21. The largest absolute Gasteiger partial charge is 0.493 e. The molecule has 0 aromatic heterocycles. The van der Waals surface area contributed by atoms with Crippen LogP contribution in [0.3, 0.4) is 0 Å². The van der Waals surface area contributed by atoms with Gasteiger partial charge in [-0.2, -0.15) is 0 Å². The van der Waals surface area contributed by atoms with E-state index in [0.29, 0.717) is 31.1 Å². The molecule has 27 heavy (non-hydrogen) atoms. The number of benzene rings is 2. The number of nitrogens with one attached hydrogen (secondary N) is 1. The quantitative estimate of drug-likeness (QED) is 0.876. The van der Waals surface area contributed by atoms with Gasteiger partial charge in [-0.3, -0.25) is 0 Å². The summed E-state index contributed by atoms with van der Waals surface area (Å²) in [6.07, 6.45) is 0. The normalized spacial score (nSPS) is 14.0. The van der Waals surface area contributed by atoms with E-state index in [4.69, 9.17) is 9.47 Å². The Kier molecular flexibility index (Phi) is 6.01. The van der Waals surface area contributed by atoms with Gasteiger partial charge in [-0.25, -0.2) is 9.18 Å². The standard InChI is InChI=1S/C20H24FN3O3/c1-26-18-8-7-17(13-19(18)27-2)23-9-11-24(12-10-23)20(25)22-14-15-3-5-16(21)6-4-15/h3-8,13H,9-12,14H2,1-2H3,(H,22,25). The van der Waals surface area contributed by atoms with E-state index in [0.717, 1.165) is 24.3 Å². The van der Waals surface area contributed by atoms with Gasteiger partial charge in [0.25, 0.3) is 0 Å². The molecule has 2 aromatic carbocycles. The summed E-state index contributed by atoms with van der Waals surface area (Å²) < 4.78 is 23.6. The lowest BCUT2D eigenvalue weighted by Crippen LogP contribution is -2.51. The topological polar surface area (TPSA) is 54.0 Å². The van der Waals surface area contributed by atoms with Crippen LogP contribution in [0.4, 0.5) is 14.9 Å². The summed E-state index contributed by atoms with van der Waals surface area (Å²) in [5.74, 6) is 1.10. The zero-order valence-electron chi connectivity index (χ0n) is 15.6. The van der Waals surface area contributed by atoms with Crippen LogP contribution in [-0.4, -0.2) is 51.3 Å². The highest BCUT2D eigenvalue weighted by molar-refractivity contribution is 5.74. The SMILES string of the molecule is COc1ccc(N2CCN(C(=O)NCc3ccc(F)cc3)CC2)cc1OC. The minimum atomic E-state index is -0.281. The van der Waals surface area contributed by atoms with Crippen molar-refractivity contribution >= 4 is 11.7 Å². The van der Waals surface area contributed by atoms with Crippen molar-refractivity contribution in [3.63, 3.8) is 0 Å². The van der Waals surface area contributed by atoms with Crippen molar-refractivity contribution in [2.24, 2.45) is 0 Å². The molecule has 3 rings (SSSR count). The molecule has 1 saturated heterocycles. The second-order valence-corrected chi connectivity index (χ2v) is 6.30. The van der Waals surface area contributed by atoms with Crippen molar-refractivity contribution in [1.29, 1.82) is 0 Å². The Balaban J connectivity index is 1.52. The van der Waals surface area contributed by atoms with E-state index in [9.17, 15) is 9.18 Å². The number of methoxy groups -OCH3 is 2. The number of carbonyl (C=O) groups is 1. The maximum Gasteiger partial charge on any atom is 0.317 e. The van der Waals surface area contributed by atoms with Crippen molar-refractivity contribution in [1.82, 2.24) is 10.2 Å². The zero-order chi connectivity index (χ0) is 19.2. The van der Waals surface area contributed by atoms with Gasteiger partial charge in [-0.15, -0.1) is 0 Å². The summed E-state index contributed by atoms with van der Waals surface area (Å²) in [5.41, 5.74) is 1.91. The van der Waals surface area contributed by atoms with E-state index in [1.165, 1.54) is 12.1 Å². The van der Waals surface area contributed by atoms with Crippen molar-refractivity contribution in [2.75, 3.05) is 45.3 Å². The Bertz CT molecular complexity index is 775. The molecule has 0 unspecified atom stereocenters. The number of urea groups is 1. The number of ether oxygens (including phenoxy) is 2. The molecule has 2 amide bonds. The fourth-order valence-corrected chi connectivity index (χ4v) is 3.08. The van der Waals surface area contributed by atoms with Gasteiger partial charge >= 0.3 is 6.03 Å². The molecular formula is C20H24FN3O3. The number of anilines is 1. The molecular weight excluding hydrogens is 349 g/mol. The van der Waals surface area contributed by atoms with E-state index in [2.05, 4.69) is 10.2 Å². The average molecular weight is 373 g/mol. The first-order valence-electron chi connectivity index (χ1n) is 8.85. The number of carbonyl (C=O) groups excluding carboxylic acids is 1. The molecule has 0 aliphatic carbocycles. The predicted molar refractivity (Wildman–Crippen MR) is 102 cm³/mol. The minimum Gasteiger partial charge on any atom is -0.493 e. The molecule has 0 saturated carbocycles. The monoisotopic (exact) mass is 373 g/mol. The highest BCUT2D eigenvalue weighted by Crippen LogP contribution is 2.31. The van der Waals surface area contributed by atoms with Crippen LogP contribution >= 0.6 is 0 Å². The molecule has 1 aliphatic rings. The summed E-state index contributed by atoms with van der Waals surface area (Å²) in [7, 11) is 3.23. The van der Waals surface area contributed by atoms with E-state index in [-0.39, 0.29) is 11.8 Å². The van der Waals surface area contributed by atoms with Gasteiger partial charge in [0.2, 0.25) is 0 Å². The Morgan fingerprint density at radius 1 is 1.00 bits per heavy atom. The summed E-state index contributed by atoms with van der Waals surface area (Å²) >= 11 is 0.